The molecule has 3 heteroatoms. The minimum atomic E-state index is 0.314. The van der Waals surface area contributed by atoms with Gasteiger partial charge in [-0.25, -0.2) is 0 Å². The van der Waals surface area contributed by atoms with Crippen LogP contribution < -0.4 is 0 Å². The average molecular weight is 139 g/mol. The largest absolute Gasteiger partial charge is 0.163 e. The van der Waals surface area contributed by atoms with E-state index in [1.165, 1.54) is 0 Å². The highest BCUT2D eigenvalue weighted by Crippen LogP contribution is 2.20. The van der Waals surface area contributed by atoms with Gasteiger partial charge in [0.2, 0.25) is 0 Å². The van der Waals surface area contributed by atoms with Crippen LogP contribution in [0.25, 0.3) is 0 Å². The molecule has 0 aromatic carbocycles. The zero-order valence-electron chi connectivity index (χ0n) is 6.76. The van der Waals surface area contributed by atoms with Crippen LogP contribution in [0.4, 0.5) is 0 Å². The Labute approximate surface area is 61.2 Å². The third-order valence-electron chi connectivity index (χ3n) is 1.24. The van der Waals surface area contributed by atoms with E-state index in [-0.39, 0.29) is 0 Å². The zero-order valence-corrected chi connectivity index (χ0v) is 6.76. The summed E-state index contributed by atoms with van der Waals surface area (Å²) >= 11 is 0. The topological polar surface area (TPSA) is 37.1 Å². The van der Waals surface area contributed by atoms with Crippen LogP contribution in [0.3, 0.4) is 0 Å². The maximum Gasteiger partial charge on any atom is 0.102 e. The van der Waals surface area contributed by atoms with Gasteiger partial charge in [0, 0.05) is 0 Å². The van der Waals surface area contributed by atoms with Crippen LogP contribution in [-0.2, 0) is 0 Å². The molecule has 0 aromatic rings. The summed E-state index contributed by atoms with van der Waals surface area (Å²) in [7, 11) is 0. The molecular formula is C7H13N3. The van der Waals surface area contributed by atoms with Crippen LogP contribution in [-0.4, -0.2) is 12.3 Å². The first-order chi connectivity index (χ1) is 4.58. The molecule has 0 unspecified atom stereocenters. The normalized spacial score (nSPS) is 17.7. The summed E-state index contributed by atoms with van der Waals surface area (Å²) in [4.78, 5) is 0. The van der Waals surface area contributed by atoms with E-state index in [9.17, 15) is 0 Å². The lowest BCUT2D eigenvalue weighted by Gasteiger charge is -2.16. The van der Waals surface area contributed by atoms with Crippen molar-refractivity contribution in [3.63, 3.8) is 0 Å². The molecule has 0 aliphatic carbocycles. The van der Waals surface area contributed by atoms with E-state index in [0.717, 1.165) is 12.1 Å². The Morgan fingerprint density at radius 1 is 1.40 bits per heavy atom. The molecule has 3 nitrogen and oxygen atoms in total. The fraction of sp³-hybridized carbons (Fsp3) is 0.857. The second kappa shape index (κ2) is 2.48. The molecule has 0 aromatic heterocycles. The molecule has 56 valence electrons. The van der Waals surface area contributed by atoms with Crippen LogP contribution >= 0.6 is 0 Å². The van der Waals surface area contributed by atoms with Crippen molar-refractivity contribution >= 4 is 5.71 Å². The summed E-state index contributed by atoms with van der Waals surface area (Å²) in [6.07, 6.45) is 1.00. The Morgan fingerprint density at radius 3 is 2.50 bits per heavy atom. The summed E-state index contributed by atoms with van der Waals surface area (Å²) in [5.41, 5.74) is 1.42. The van der Waals surface area contributed by atoms with Crippen LogP contribution in [0.1, 0.15) is 27.2 Å². The summed E-state index contributed by atoms with van der Waals surface area (Å²) in [6.45, 7) is 7.27. The first kappa shape index (κ1) is 7.38. The van der Waals surface area contributed by atoms with Gasteiger partial charge in [-0.1, -0.05) is 20.8 Å². The van der Waals surface area contributed by atoms with Crippen LogP contribution in [0.2, 0.25) is 0 Å². The van der Waals surface area contributed by atoms with Gasteiger partial charge < -0.3 is 0 Å². The van der Waals surface area contributed by atoms with Crippen molar-refractivity contribution in [2.75, 3.05) is 6.54 Å². The van der Waals surface area contributed by atoms with Crippen molar-refractivity contribution in [3.05, 3.63) is 0 Å². The molecule has 0 N–H and O–H groups in total. The molecule has 1 heterocycles. The van der Waals surface area contributed by atoms with Crippen molar-refractivity contribution in [1.29, 1.82) is 0 Å². The van der Waals surface area contributed by atoms with Crippen LogP contribution in [0, 0.1) is 5.41 Å². The Hall–Kier alpha value is -0.730. The quantitative estimate of drug-likeness (QED) is 0.534. The standard InChI is InChI=1S/C7H13N3/c1-7(2,3)4-6-5-8-10-9-6/h4-5H2,1-3H3. The molecule has 0 radical (unpaired) electrons. The third kappa shape index (κ3) is 2.25. The van der Waals surface area contributed by atoms with Crippen molar-refractivity contribution in [2.24, 2.45) is 20.9 Å². The Morgan fingerprint density at radius 2 is 2.10 bits per heavy atom. The lowest BCUT2D eigenvalue weighted by Crippen LogP contribution is -2.13. The lowest BCUT2D eigenvalue weighted by molar-refractivity contribution is 0.433. The predicted molar refractivity (Wildman–Crippen MR) is 41.2 cm³/mol. The van der Waals surface area contributed by atoms with Gasteiger partial charge in [0.05, 0.1) is 5.71 Å². The van der Waals surface area contributed by atoms with E-state index >= 15 is 0 Å². The minimum absolute atomic E-state index is 0.314. The Balaban J connectivity index is 2.41. The molecule has 1 aliphatic rings. The molecule has 1 rings (SSSR count). The molecule has 0 bridgehead atoms. The van der Waals surface area contributed by atoms with E-state index < -0.39 is 0 Å². The molecule has 0 spiro atoms. The fourth-order valence-electron chi connectivity index (χ4n) is 0.943. The van der Waals surface area contributed by atoms with E-state index in [2.05, 4.69) is 36.2 Å². The van der Waals surface area contributed by atoms with E-state index in [1.54, 1.807) is 0 Å². The summed E-state index contributed by atoms with van der Waals surface area (Å²) in [6, 6.07) is 0. The smallest absolute Gasteiger partial charge is 0.102 e. The van der Waals surface area contributed by atoms with Gasteiger partial charge in [-0.05, 0) is 17.1 Å². The second-order valence-corrected chi connectivity index (χ2v) is 3.79. The molecule has 10 heavy (non-hydrogen) atoms. The Kier molecular flexibility index (Phi) is 1.83. The molecule has 0 amide bonds. The third-order valence-corrected chi connectivity index (χ3v) is 1.24. The maximum atomic E-state index is 3.90. The highest BCUT2D eigenvalue weighted by Gasteiger charge is 2.15. The monoisotopic (exact) mass is 139 g/mol. The number of hydrogen-bond acceptors (Lipinski definition) is 3. The maximum absolute atomic E-state index is 3.90. The van der Waals surface area contributed by atoms with Crippen molar-refractivity contribution < 1.29 is 0 Å². The van der Waals surface area contributed by atoms with Crippen molar-refractivity contribution in [2.45, 2.75) is 27.2 Å². The second-order valence-electron chi connectivity index (χ2n) is 3.79. The Bertz CT molecular complexity index is 174. The molecule has 0 saturated carbocycles. The molecular weight excluding hydrogens is 126 g/mol. The van der Waals surface area contributed by atoms with Gasteiger partial charge in [0.25, 0.3) is 0 Å². The fourth-order valence-corrected chi connectivity index (χ4v) is 0.943. The van der Waals surface area contributed by atoms with Gasteiger partial charge in [0.1, 0.15) is 6.54 Å². The summed E-state index contributed by atoms with van der Waals surface area (Å²) in [5.74, 6) is 0. The summed E-state index contributed by atoms with van der Waals surface area (Å²) in [5, 5.41) is 11.2. The van der Waals surface area contributed by atoms with Gasteiger partial charge in [-0.3, -0.25) is 0 Å². The van der Waals surface area contributed by atoms with Crippen LogP contribution in [0.15, 0.2) is 15.4 Å². The highest BCUT2D eigenvalue weighted by atomic mass is 15.4. The van der Waals surface area contributed by atoms with Gasteiger partial charge >= 0.3 is 0 Å². The molecule has 0 fully saturated rings. The van der Waals surface area contributed by atoms with E-state index in [1.807, 2.05) is 0 Å². The van der Waals surface area contributed by atoms with Crippen LogP contribution in [0.5, 0.6) is 0 Å². The van der Waals surface area contributed by atoms with Gasteiger partial charge in [-0.15, -0.1) is 5.10 Å². The van der Waals surface area contributed by atoms with Gasteiger partial charge in [0.15, 0.2) is 0 Å². The predicted octanol–water partition coefficient (Wildman–Crippen LogP) is 2.24. The SMILES string of the molecule is CC(C)(C)CC1=NN=NC1. The van der Waals surface area contributed by atoms with E-state index in [4.69, 9.17) is 0 Å². The number of hydrogen-bond donors (Lipinski definition) is 0. The molecule has 0 atom stereocenters. The average Bonchev–Trinajstić information content (AvgIpc) is 2.12. The highest BCUT2D eigenvalue weighted by molar-refractivity contribution is 5.87. The molecule has 1 aliphatic heterocycles. The number of nitrogens with zero attached hydrogens (tertiary/aromatic N) is 3. The van der Waals surface area contributed by atoms with Crippen molar-refractivity contribution in [3.8, 4) is 0 Å². The molecule has 0 saturated heterocycles. The zero-order chi connectivity index (χ0) is 7.61. The number of rotatable bonds is 1. The minimum Gasteiger partial charge on any atom is -0.163 e. The van der Waals surface area contributed by atoms with E-state index in [0.29, 0.717) is 12.0 Å². The first-order valence-electron chi connectivity index (χ1n) is 3.50. The first-order valence-corrected chi connectivity index (χ1v) is 3.50. The van der Waals surface area contributed by atoms with Gasteiger partial charge in [-0.2, -0.15) is 5.11 Å². The van der Waals surface area contributed by atoms with Crippen molar-refractivity contribution in [1.82, 2.24) is 0 Å². The summed E-state index contributed by atoms with van der Waals surface area (Å²) < 4.78 is 0. The lowest BCUT2D eigenvalue weighted by atomic mass is 9.90.